The molecular formula is C13H18BrFN2O2S. The highest BCUT2D eigenvalue weighted by molar-refractivity contribution is 9.10. The largest absolute Gasteiger partial charge is 0.319 e. The van der Waals surface area contributed by atoms with Crippen molar-refractivity contribution in [2.45, 2.75) is 17.7 Å². The van der Waals surface area contributed by atoms with Gasteiger partial charge in [-0.25, -0.2) is 12.8 Å². The fourth-order valence-corrected chi connectivity index (χ4v) is 4.67. The molecule has 0 bridgehead atoms. The number of halogens is 2. The molecule has 1 fully saturated rings. The molecule has 2 rings (SSSR count). The summed E-state index contributed by atoms with van der Waals surface area (Å²) in [6.07, 6.45) is 1.80. The Morgan fingerprint density at radius 2 is 2.25 bits per heavy atom. The van der Waals surface area contributed by atoms with Gasteiger partial charge in [-0.1, -0.05) is 15.9 Å². The molecule has 1 atom stereocenters. The van der Waals surface area contributed by atoms with Gasteiger partial charge in [0.25, 0.3) is 0 Å². The molecule has 1 N–H and O–H groups in total. The van der Waals surface area contributed by atoms with Gasteiger partial charge in [0.15, 0.2) is 0 Å². The van der Waals surface area contributed by atoms with Gasteiger partial charge in [0.2, 0.25) is 10.0 Å². The van der Waals surface area contributed by atoms with Crippen LogP contribution in [0.5, 0.6) is 0 Å². The lowest BCUT2D eigenvalue weighted by atomic mass is 10.00. The Balaban J connectivity index is 2.27. The van der Waals surface area contributed by atoms with Gasteiger partial charge in [-0.3, -0.25) is 0 Å². The lowest BCUT2D eigenvalue weighted by Gasteiger charge is -2.31. The number of piperidine rings is 1. The van der Waals surface area contributed by atoms with Crippen LogP contribution in [0.2, 0.25) is 0 Å². The van der Waals surface area contributed by atoms with Crippen LogP contribution in [0, 0.1) is 11.7 Å². The maximum absolute atomic E-state index is 13.8. The molecule has 0 aliphatic carbocycles. The molecule has 0 saturated carbocycles. The molecule has 112 valence electrons. The maximum Gasteiger partial charge on any atom is 0.246 e. The van der Waals surface area contributed by atoms with Crippen molar-refractivity contribution in [2.24, 2.45) is 5.92 Å². The van der Waals surface area contributed by atoms with E-state index < -0.39 is 15.8 Å². The minimum atomic E-state index is -3.77. The first-order valence-electron chi connectivity index (χ1n) is 6.55. The molecular weight excluding hydrogens is 347 g/mol. The third-order valence-corrected chi connectivity index (χ3v) is 5.86. The lowest BCUT2D eigenvalue weighted by Crippen LogP contribution is -2.42. The predicted molar refractivity (Wildman–Crippen MR) is 79.5 cm³/mol. The molecule has 4 nitrogen and oxygen atoms in total. The molecule has 1 aliphatic rings. The standard InChI is InChI=1S/C13H18BrFN2O2S/c1-16-8-10-3-2-6-17(9-10)20(18,19)13-7-11(14)4-5-12(13)15/h4-5,7,10,16H,2-3,6,8-9H2,1H3/t10-/m1/s1. The van der Waals surface area contributed by atoms with Gasteiger partial charge in [-0.05, 0) is 50.6 Å². The number of benzene rings is 1. The molecule has 0 aromatic heterocycles. The van der Waals surface area contributed by atoms with Gasteiger partial charge < -0.3 is 5.32 Å². The smallest absolute Gasteiger partial charge is 0.246 e. The summed E-state index contributed by atoms with van der Waals surface area (Å²) in [6.45, 7) is 1.66. The van der Waals surface area contributed by atoms with E-state index in [1.54, 1.807) is 0 Å². The molecule has 1 heterocycles. The van der Waals surface area contributed by atoms with E-state index in [9.17, 15) is 12.8 Å². The summed E-state index contributed by atoms with van der Waals surface area (Å²) < 4.78 is 40.9. The molecule has 0 radical (unpaired) electrons. The van der Waals surface area contributed by atoms with Crippen LogP contribution in [0.1, 0.15) is 12.8 Å². The molecule has 0 amide bonds. The topological polar surface area (TPSA) is 49.4 Å². The predicted octanol–water partition coefficient (Wildman–Crippen LogP) is 2.21. The molecule has 0 unspecified atom stereocenters. The molecule has 1 aromatic carbocycles. The summed E-state index contributed by atoms with van der Waals surface area (Å²) >= 11 is 3.19. The maximum atomic E-state index is 13.8. The van der Waals surface area contributed by atoms with Crippen molar-refractivity contribution < 1.29 is 12.8 Å². The minimum Gasteiger partial charge on any atom is -0.319 e. The van der Waals surface area contributed by atoms with E-state index in [2.05, 4.69) is 21.2 Å². The zero-order valence-corrected chi connectivity index (χ0v) is 13.7. The molecule has 7 heteroatoms. The SMILES string of the molecule is CNC[C@H]1CCCN(S(=O)(=O)c2cc(Br)ccc2F)C1. The second kappa shape index (κ2) is 6.51. The summed E-state index contributed by atoms with van der Waals surface area (Å²) in [6, 6.07) is 3.99. The fourth-order valence-electron chi connectivity index (χ4n) is 2.51. The van der Waals surface area contributed by atoms with Crippen LogP contribution in [-0.4, -0.2) is 39.4 Å². The summed E-state index contributed by atoms with van der Waals surface area (Å²) in [4.78, 5) is -0.253. The first-order valence-corrected chi connectivity index (χ1v) is 8.78. The first kappa shape index (κ1) is 15.9. The van der Waals surface area contributed by atoms with Crippen LogP contribution in [0.3, 0.4) is 0 Å². The lowest BCUT2D eigenvalue weighted by molar-refractivity contribution is 0.263. The van der Waals surface area contributed by atoms with Gasteiger partial charge >= 0.3 is 0 Å². The van der Waals surface area contributed by atoms with Crippen LogP contribution >= 0.6 is 15.9 Å². The van der Waals surface area contributed by atoms with E-state index in [1.165, 1.54) is 22.5 Å². The quantitative estimate of drug-likeness (QED) is 0.890. The van der Waals surface area contributed by atoms with Crippen molar-refractivity contribution in [1.29, 1.82) is 0 Å². The monoisotopic (exact) mass is 364 g/mol. The second-order valence-electron chi connectivity index (χ2n) is 5.00. The van der Waals surface area contributed by atoms with E-state index in [1.807, 2.05) is 7.05 Å². The molecule has 20 heavy (non-hydrogen) atoms. The van der Waals surface area contributed by atoms with Gasteiger partial charge in [0.1, 0.15) is 10.7 Å². The number of nitrogens with one attached hydrogen (secondary N) is 1. The zero-order chi connectivity index (χ0) is 14.8. The highest BCUT2D eigenvalue weighted by atomic mass is 79.9. The van der Waals surface area contributed by atoms with E-state index in [4.69, 9.17) is 0 Å². The van der Waals surface area contributed by atoms with Crippen molar-refractivity contribution in [3.63, 3.8) is 0 Å². The van der Waals surface area contributed by atoms with Crippen LogP contribution < -0.4 is 5.32 Å². The highest BCUT2D eigenvalue weighted by Gasteiger charge is 2.31. The summed E-state index contributed by atoms with van der Waals surface area (Å²) in [5.41, 5.74) is 0. The van der Waals surface area contributed by atoms with Crippen LogP contribution in [-0.2, 0) is 10.0 Å². The van der Waals surface area contributed by atoms with E-state index >= 15 is 0 Å². The third kappa shape index (κ3) is 3.39. The number of rotatable bonds is 4. The zero-order valence-electron chi connectivity index (χ0n) is 11.3. The summed E-state index contributed by atoms with van der Waals surface area (Å²) in [5.74, 6) is -0.428. The van der Waals surface area contributed by atoms with Gasteiger partial charge in [0, 0.05) is 17.6 Å². The number of sulfonamides is 1. The Hall–Kier alpha value is -0.500. The number of nitrogens with zero attached hydrogens (tertiary/aromatic N) is 1. The van der Waals surface area contributed by atoms with Gasteiger partial charge in [-0.2, -0.15) is 4.31 Å². The van der Waals surface area contributed by atoms with E-state index in [0.29, 0.717) is 17.6 Å². The molecule has 0 spiro atoms. The minimum absolute atomic E-state index is 0.253. The van der Waals surface area contributed by atoms with Gasteiger partial charge in [-0.15, -0.1) is 0 Å². The molecule has 1 saturated heterocycles. The van der Waals surface area contributed by atoms with Crippen LogP contribution in [0.15, 0.2) is 27.6 Å². The van der Waals surface area contributed by atoms with Crippen molar-refractivity contribution >= 4 is 26.0 Å². The fraction of sp³-hybridized carbons (Fsp3) is 0.538. The van der Waals surface area contributed by atoms with Crippen LogP contribution in [0.4, 0.5) is 4.39 Å². The summed E-state index contributed by atoms with van der Waals surface area (Å²) in [7, 11) is -1.92. The van der Waals surface area contributed by atoms with Crippen molar-refractivity contribution in [2.75, 3.05) is 26.7 Å². The average Bonchev–Trinajstić information content (AvgIpc) is 2.42. The summed E-state index contributed by atoms with van der Waals surface area (Å²) in [5, 5.41) is 3.07. The van der Waals surface area contributed by atoms with E-state index in [0.717, 1.165) is 19.4 Å². The van der Waals surface area contributed by atoms with Crippen molar-refractivity contribution in [3.05, 3.63) is 28.5 Å². The van der Waals surface area contributed by atoms with Gasteiger partial charge in [0.05, 0.1) is 0 Å². The Kier molecular flexibility index (Phi) is 5.17. The van der Waals surface area contributed by atoms with Crippen molar-refractivity contribution in [3.8, 4) is 0 Å². The second-order valence-corrected chi connectivity index (χ2v) is 7.83. The molecule has 1 aromatic rings. The number of hydrogen-bond acceptors (Lipinski definition) is 3. The normalized spacial score (nSPS) is 21.1. The Labute approximate surface area is 127 Å². The Bertz CT molecular complexity index is 578. The Morgan fingerprint density at radius 3 is 2.95 bits per heavy atom. The van der Waals surface area contributed by atoms with E-state index in [-0.39, 0.29) is 10.8 Å². The average molecular weight is 365 g/mol. The van der Waals surface area contributed by atoms with Crippen LogP contribution in [0.25, 0.3) is 0 Å². The molecule has 1 aliphatic heterocycles. The van der Waals surface area contributed by atoms with Crippen molar-refractivity contribution in [1.82, 2.24) is 9.62 Å². The first-order chi connectivity index (χ1) is 9.45. The third-order valence-electron chi connectivity index (χ3n) is 3.49. The number of hydrogen-bond donors (Lipinski definition) is 1. The highest BCUT2D eigenvalue weighted by Crippen LogP contribution is 2.27. The Morgan fingerprint density at radius 1 is 1.50 bits per heavy atom.